The van der Waals surface area contributed by atoms with Gasteiger partial charge in [-0.25, -0.2) is 4.39 Å². The summed E-state index contributed by atoms with van der Waals surface area (Å²) in [5, 5.41) is 0. The van der Waals surface area contributed by atoms with Gasteiger partial charge in [-0.15, -0.1) is 0 Å². The predicted molar refractivity (Wildman–Crippen MR) is 73.3 cm³/mol. The molecule has 0 amide bonds. The lowest BCUT2D eigenvalue weighted by Crippen LogP contribution is -2.29. The minimum absolute atomic E-state index is 0.175. The molecule has 3 rings (SSSR count). The Morgan fingerprint density at radius 1 is 1.10 bits per heavy atom. The first-order valence-corrected chi connectivity index (χ1v) is 6.59. The molecule has 20 heavy (non-hydrogen) atoms. The quantitative estimate of drug-likeness (QED) is 0.617. The zero-order valence-corrected chi connectivity index (χ0v) is 10.8. The van der Waals surface area contributed by atoms with E-state index in [4.69, 9.17) is 0 Å². The van der Waals surface area contributed by atoms with E-state index in [0.717, 1.165) is 5.56 Å². The van der Waals surface area contributed by atoms with Gasteiger partial charge in [-0.1, -0.05) is 36.4 Å². The van der Waals surface area contributed by atoms with Gasteiger partial charge in [0, 0.05) is 11.1 Å². The zero-order chi connectivity index (χ0) is 14.1. The molecule has 0 fully saturated rings. The van der Waals surface area contributed by atoms with Crippen LogP contribution < -0.4 is 0 Å². The van der Waals surface area contributed by atoms with E-state index in [1.807, 2.05) is 6.07 Å². The smallest absolute Gasteiger partial charge is 0.174 e. The summed E-state index contributed by atoms with van der Waals surface area (Å²) in [6.07, 6.45) is 1.12. The molecule has 0 N–H and O–H groups in total. The number of halogens is 1. The number of Topliss-reactive ketones (excluding diaryl/α,β-unsaturated/α-hetero) is 2. The molecule has 1 aliphatic carbocycles. The van der Waals surface area contributed by atoms with E-state index < -0.39 is 11.7 Å². The summed E-state index contributed by atoms with van der Waals surface area (Å²) >= 11 is 0. The molecular formula is C17H13FO2. The first kappa shape index (κ1) is 12.7. The fourth-order valence-electron chi connectivity index (χ4n) is 2.67. The Morgan fingerprint density at radius 3 is 2.60 bits per heavy atom. The topological polar surface area (TPSA) is 34.1 Å². The lowest BCUT2D eigenvalue weighted by atomic mass is 9.79. The van der Waals surface area contributed by atoms with Crippen LogP contribution >= 0.6 is 0 Å². The predicted octanol–water partition coefficient (Wildman–Crippen LogP) is 3.45. The molecule has 0 saturated heterocycles. The molecule has 0 spiro atoms. The van der Waals surface area contributed by atoms with Gasteiger partial charge in [0.05, 0.1) is 5.92 Å². The maximum atomic E-state index is 13.3. The number of aryl methyl sites for hydroxylation is 1. The van der Waals surface area contributed by atoms with Crippen LogP contribution in [0.15, 0.2) is 48.5 Å². The van der Waals surface area contributed by atoms with Gasteiger partial charge in [0.1, 0.15) is 5.82 Å². The zero-order valence-electron chi connectivity index (χ0n) is 10.8. The molecular weight excluding hydrogens is 255 g/mol. The van der Waals surface area contributed by atoms with E-state index in [2.05, 4.69) is 0 Å². The first-order valence-electron chi connectivity index (χ1n) is 6.59. The Morgan fingerprint density at radius 2 is 1.85 bits per heavy atom. The molecule has 1 aliphatic rings. The molecule has 1 atom stereocenters. The second-order valence-corrected chi connectivity index (χ2v) is 4.99. The van der Waals surface area contributed by atoms with E-state index in [9.17, 15) is 14.0 Å². The summed E-state index contributed by atoms with van der Waals surface area (Å²) < 4.78 is 13.3. The molecule has 0 bridgehead atoms. The van der Waals surface area contributed by atoms with Gasteiger partial charge in [0.25, 0.3) is 0 Å². The third kappa shape index (κ3) is 2.16. The van der Waals surface area contributed by atoms with E-state index in [0.29, 0.717) is 24.0 Å². The van der Waals surface area contributed by atoms with Crippen molar-refractivity contribution >= 4 is 11.6 Å². The number of hydrogen-bond acceptors (Lipinski definition) is 2. The molecule has 0 heterocycles. The average Bonchev–Trinajstić information content (AvgIpc) is 2.48. The van der Waals surface area contributed by atoms with Crippen molar-refractivity contribution < 1.29 is 14.0 Å². The number of carbonyl (C=O) groups excluding carboxylic acids is 2. The van der Waals surface area contributed by atoms with Gasteiger partial charge < -0.3 is 0 Å². The minimum atomic E-state index is -0.688. The van der Waals surface area contributed by atoms with Crippen molar-refractivity contribution in [3.05, 3.63) is 71.0 Å². The van der Waals surface area contributed by atoms with Crippen LogP contribution in [0.1, 0.15) is 32.7 Å². The van der Waals surface area contributed by atoms with E-state index >= 15 is 0 Å². The van der Waals surface area contributed by atoms with Gasteiger partial charge in [0.15, 0.2) is 11.6 Å². The highest BCUT2D eigenvalue weighted by Gasteiger charge is 2.33. The Balaban J connectivity index is 1.94. The standard InChI is InChI=1S/C17H13FO2/c18-13-8-6-11-7-9-14(17(20)15(11)10-13)16(19)12-4-2-1-3-5-12/h1-6,8,10,14H,7,9H2. The highest BCUT2D eigenvalue weighted by molar-refractivity contribution is 6.17. The Kier molecular flexibility index (Phi) is 3.18. The summed E-state index contributed by atoms with van der Waals surface area (Å²) in [6, 6.07) is 13.0. The molecule has 2 nitrogen and oxygen atoms in total. The number of rotatable bonds is 2. The van der Waals surface area contributed by atoms with Crippen LogP contribution in [0.4, 0.5) is 4.39 Å². The van der Waals surface area contributed by atoms with Gasteiger partial charge in [-0.3, -0.25) is 9.59 Å². The minimum Gasteiger partial charge on any atom is -0.293 e. The normalized spacial score (nSPS) is 17.6. The van der Waals surface area contributed by atoms with Crippen molar-refractivity contribution in [1.82, 2.24) is 0 Å². The third-order valence-electron chi connectivity index (χ3n) is 3.73. The highest BCUT2D eigenvalue weighted by atomic mass is 19.1. The highest BCUT2D eigenvalue weighted by Crippen LogP contribution is 2.28. The van der Waals surface area contributed by atoms with Crippen molar-refractivity contribution in [2.45, 2.75) is 12.8 Å². The van der Waals surface area contributed by atoms with Crippen LogP contribution in [0, 0.1) is 11.7 Å². The molecule has 100 valence electrons. The van der Waals surface area contributed by atoms with Crippen molar-refractivity contribution in [2.24, 2.45) is 5.92 Å². The Bertz CT molecular complexity index is 677. The van der Waals surface area contributed by atoms with E-state index in [-0.39, 0.29) is 11.6 Å². The largest absolute Gasteiger partial charge is 0.293 e. The van der Waals surface area contributed by atoms with Crippen LogP contribution in [0.2, 0.25) is 0 Å². The number of fused-ring (bicyclic) bond motifs is 1. The second kappa shape index (κ2) is 5.00. The first-order chi connectivity index (χ1) is 9.66. The van der Waals surface area contributed by atoms with Gasteiger partial charge >= 0.3 is 0 Å². The Hall–Kier alpha value is -2.29. The van der Waals surface area contributed by atoms with E-state index in [1.165, 1.54) is 12.1 Å². The molecule has 0 aromatic heterocycles. The van der Waals surface area contributed by atoms with Crippen LogP contribution in [-0.2, 0) is 6.42 Å². The molecule has 0 radical (unpaired) electrons. The number of hydrogen-bond donors (Lipinski definition) is 0. The van der Waals surface area contributed by atoms with Crippen molar-refractivity contribution in [2.75, 3.05) is 0 Å². The van der Waals surface area contributed by atoms with Crippen molar-refractivity contribution in [3.63, 3.8) is 0 Å². The fraction of sp³-hybridized carbons (Fsp3) is 0.176. The SMILES string of the molecule is O=C(c1ccccc1)C1CCc2ccc(F)cc2C1=O. The summed E-state index contributed by atoms with van der Waals surface area (Å²) in [4.78, 5) is 24.8. The van der Waals surface area contributed by atoms with Crippen LogP contribution in [0.5, 0.6) is 0 Å². The van der Waals surface area contributed by atoms with Crippen molar-refractivity contribution in [3.8, 4) is 0 Å². The number of ketones is 2. The summed E-state index contributed by atoms with van der Waals surface area (Å²) in [7, 11) is 0. The molecule has 0 saturated carbocycles. The summed E-state index contributed by atoms with van der Waals surface area (Å²) in [5.41, 5.74) is 1.71. The molecule has 1 unspecified atom stereocenters. The van der Waals surface area contributed by atoms with Crippen molar-refractivity contribution in [1.29, 1.82) is 0 Å². The number of carbonyl (C=O) groups is 2. The molecule has 2 aromatic carbocycles. The van der Waals surface area contributed by atoms with Crippen LogP contribution in [-0.4, -0.2) is 11.6 Å². The maximum Gasteiger partial charge on any atom is 0.174 e. The third-order valence-corrected chi connectivity index (χ3v) is 3.73. The lowest BCUT2D eigenvalue weighted by molar-refractivity contribution is 0.0790. The molecule has 0 aliphatic heterocycles. The molecule has 2 aromatic rings. The summed E-state index contributed by atoms with van der Waals surface area (Å²) in [6.45, 7) is 0. The summed E-state index contributed by atoms with van der Waals surface area (Å²) in [5.74, 6) is -1.57. The average molecular weight is 268 g/mol. The van der Waals surface area contributed by atoms with Gasteiger partial charge in [-0.05, 0) is 30.5 Å². The second-order valence-electron chi connectivity index (χ2n) is 4.99. The molecule has 3 heteroatoms. The van der Waals surface area contributed by atoms with Gasteiger partial charge in [0.2, 0.25) is 0 Å². The maximum absolute atomic E-state index is 13.3. The fourth-order valence-corrected chi connectivity index (χ4v) is 2.67. The van der Waals surface area contributed by atoms with Gasteiger partial charge in [-0.2, -0.15) is 0 Å². The Labute approximate surface area is 116 Å². The lowest BCUT2D eigenvalue weighted by Gasteiger charge is -2.22. The number of benzene rings is 2. The van der Waals surface area contributed by atoms with Crippen LogP contribution in [0.25, 0.3) is 0 Å². The monoisotopic (exact) mass is 268 g/mol. The van der Waals surface area contributed by atoms with Crippen LogP contribution in [0.3, 0.4) is 0 Å². The van der Waals surface area contributed by atoms with E-state index in [1.54, 1.807) is 30.3 Å².